The van der Waals surface area contributed by atoms with Crippen LogP contribution in [0.3, 0.4) is 0 Å². The van der Waals surface area contributed by atoms with Gasteiger partial charge in [0.15, 0.2) is 0 Å². The third-order valence-corrected chi connectivity index (χ3v) is 1.95. The van der Waals surface area contributed by atoms with Crippen molar-refractivity contribution in [2.45, 2.75) is 13.0 Å². The number of halogens is 2. The molecule has 0 aliphatic carbocycles. The molecule has 0 aromatic carbocycles. The molecule has 112 valence electrons. The average molecular weight is 293 g/mol. The van der Waals surface area contributed by atoms with Crippen LogP contribution in [0.4, 0.5) is 14.7 Å². The van der Waals surface area contributed by atoms with E-state index in [2.05, 4.69) is 19.4 Å². The largest absolute Gasteiger partial charge is 0.502 e. The minimum atomic E-state index is -4.25. The molecular weight excluding hydrogens is 280 g/mol. The van der Waals surface area contributed by atoms with E-state index >= 15 is 0 Å². The number of esters is 1. The number of nitrogens with zero attached hydrogens (tertiary/aromatic N) is 2. The fourth-order valence-corrected chi connectivity index (χ4v) is 1.18. The van der Waals surface area contributed by atoms with E-state index in [-0.39, 0.29) is 12.6 Å². The SMILES string of the molecule is CCOC(=O)C(F)(F)Oc1c(OC)nc(N)nc1OC. The van der Waals surface area contributed by atoms with Crippen molar-refractivity contribution >= 4 is 11.9 Å². The van der Waals surface area contributed by atoms with Crippen LogP contribution in [0.15, 0.2) is 0 Å². The van der Waals surface area contributed by atoms with Gasteiger partial charge in [-0.3, -0.25) is 0 Å². The van der Waals surface area contributed by atoms with Crippen LogP contribution in [0.1, 0.15) is 6.92 Å². The van der Waals surface area contributed by atoms with Crippen molar-refractivity contribution in [3.8, 4) is 17.5 Å². The van der Waals surface area contributed by atoms with Crippen molar-refractivity contribution < 1.29 is 32.5 Å². The number of ether oxygens (including phenoxy) is 4. The highest BCUT2D eigenvalue weighted by molar-refractivity contribution is 5.76. The van der Waals surface area contributed by atoms with Crippen LogP contribution in [0.2, 0.25) is 0 Å². The quantitative estimate of drug-likeness (QED) is 0.760. The number of carbonyl (C=O) groups is 1. The van der Waals surface area contributed by atoms with Gasteiger partial charge >= 0.3 is 12.1 Å². The van der Waals surface area contributed by atoms with Gasteiger partial charge in [-0.2, -0.15) is 18.7 Å². The van der Waals surface area contributed by atoms with Gasteiger partial charge in [0, 0.05) is 0 Å². The molecule has 20 heavy (non-hydrogen) atoms. The van der Waals surface area contributed by atoms with E-state index < -0.39 is 29.6 Å². The lowest BCUT2D eigenvalue weighted by Gasteiger charge is -2.18. The molecule has 8 nitrogen and oxygen atoms in total. The summed E-state index contributed by atoms with van der Waals surface area (Å²) in [6, 6.07) is 0. The van der Waals surface area contributed by atoms with Gasteiger partial charge in [-0.15, -0.1) is 0 Å². The lowest BCUT2D eigenvalue weighted by atomic mass is 10.5. The first-order valence-electron chi connectivity index (χ1n) is 5.35. The van der Waals surface area contributed by atoms with Gasteiger partial charge in [0.25, 0.3) is 17.5 Å². The fraction of sp³-hybridized carbons (Fsp3) is 0.500. The molecule has 0 amide bonds. The molecule has 2 N–H and O–H groups in total. The van der Waals surface area contributed by atoms with Crippen LogP contribution < -0.4 is 19.9 Å². The molecule has 0 fully saturated rings. The number of aromatic nitrogens is 2. The number of anilines is 1. The minimum absolute atomic E-state index is 0.232. The fourth-order valence-electron chi connectivity index (χ4n) is 1.18. The van der Waals surface area contributed by atoms with Crippen LogP contribution in [-0.2, 0) is 9.53 Å². The highest BCUT2D eigenvalue weighted by Crippen LogP contribution is 2.38. The van der Waals surface area contributed by atoms with Crippen LogP contribution in [0, 0.1) is 0 Å². The number of alkyl halides is 2. The number of nitrogen functional groups attached to an aromatic ring is 1. The molecule has 0 radical (unpaired) electrons. The lowest BCUT2D eigenvalue weighted by Crippen LogP contribution is -2.37. The number of carbonyl (C=O) groups excluding carboxylic acids is 1. The topological polar surface area (TPSA) is 106 Å². The normalized spacial score (nSPS) is 10.8. The predicted octanol–water partition coefficient (Wildman–Crippen LogP) is 0.611. The van der Waals surface area contributed by atoms with Crippen LogP contribution in [0.5, 0.6) is 17.5 Å². The molecule has 0 bridgehead atoms. The van der Waals surface area contributed by atoms with E-state index in [9.17, 15) is 13.6 Å². The summed E-state index contributed by atoms with van der Waals surface area (Å²) in [5, 5.41) is 0. The Hall–Kier alpha value is -2.39. The van der Waals surface area contributed by atoms with Crippen molar-refractivity contribution in [3.05, 3.63) is 0 Å². The van der Waals surface area contributed by atoms with E-state index in [1.165, 1.54) is 6.92 Å². The summed E-state index contributed by atoms with van der Waals surface area (Å²) in [4.78, 5) is 18.2. The summed E-state index contributed by atoms with van der Waals surface area (Å²) < 4.78 is 45.0. The summed E-state index contributed by atoms with van der Waals surface area (Å²) in [5.74, 6) is -3.61. The Morgan fingerprint density at radius 1 is 1.25 bits per heavy atom. The zero-order valence-electron chi connectivity index (χ0n) is 11.0. The van der Waals surface area contributed by atoms with Gasteiger partial charge in [-0.25, -0.2) is 4.79 Å². The summed E-state index contributed by atoms with van der Waals surface area (Å²) >= 11 is 0. The zero-order chi connectivity index (χ0) is 15.3. The molecule has 0 aliphatic rings. The third kappa shape index (κ3) is 3.33. The van der Waals surface area contributed by atoms with Crippen LogP contribution in [0.25, 0.3) is 0 Å². The Kier molecular flexibility index (Phi) is 4.83. The number of hydrogen-bond acceptors (Lipinski definition) is 8. The highest BCUT2D eigenvalue weighted by atomic mass is 19.3. The van der Waals surface area contributed by atoms with E-state index in [0.29, 0.717) is 0 Å². The average Bonchev–Trinajstić information content (AvgIpc) is 2.40. The summed E-state index contributed by atoms with van der Waals surface area (Å²) in [7, 11) is 2.30. The minimum Gasteiger partial charge on any atom is -0.478 e. The molecule has 0 atom stereocenters. The van der Waals surface area contributed by atoms with Crippen LogP contribution in [-0.4, -0.2) is 42.9 Å². The summed E-state index contributed by atoms with van der Waals surface area (Å²) in [6.07, 6.45) is -4.25. The second-order valence-electron chi connectivity index (χ2n) is 3.27. The zero-order valence-corrected chi connectivity index (χ0v) is 11.0. The van der Waals surface area contributed by atoms with E-state index in [1.54, 1.807) is 0 Å². The van der Waals surface area contributed by atoms with Gasteiger partial charge in [-0.1, -0.05) is 0 Å². The van der Waals surface area contributed by atoms with Gasteiger partial charge in [0.05, 0.1) is 20.8 Å². The van der Waals surface area contributed by atoms with E-state index in [1.807, 2.05) is 0 Å². The van der Waals surface area contributed by atoms with Gasteiger partial charge in [0.1, 0.15) is 0 Å². The van der Waals surface area contributed by atoms with E-state index in [4.69, 9.17) is 15.2 Å². The summed E-state index contributed by atoms with van der Waals surface area (Å²) in [5.41, 5.74) is 5.33. The first-order chi connectivity index (χ1) is 9.35. The molecule has 0 saturated carbocycles. The maximum Gasteiger partial charge on any atom is 0.502 e. The van der Waals surface area contributed by atoms with Crippen molar-refractivity contribution in [2.75, 3.05) is 26.6 Å². The predicted molar refractivity (Wildman–Crippen MR) is 61.8 cm³/mol. The second kappa shape index (κ2) is 6.17. The number of methoxy groups -OCH3 is 2. The molecule has 0 unspecified atom stereocenters. The number of nitrogens with two attached hydrogens (primary N) is 1. The second-order valence-corrected chi connectivity index (χ2v) is 3.27. The Morgan fingerprint density at radius 2 is 1.75 bits per heavy atom. The first kappa shape index (κ1) is 15.7. The Bertz CT molecular complexity index is 473. The lowest BCUT2D eigenvalue weighted by molar-refractivity contribution is -0.217. The molecular formula is C10H13F2N3O5. The number of hydrogen-bond donors (Lipinski definition) is 1. The molecule has 1 aromatic rings. The molecule has 1 rings (SSSR count). The van der Waals surface area contributed by atoms with Gasteiger partial charge < -0.3 is 24.7 Å². The van der Waals surface area contributed by atoms with Crippen molar-refractivity contribution in [3.63, 3.8) is 0 Å². The monoisotopic (exact) mass is 293 g/mol. The van der Waals surface area contributed by atoms with Crippen molar-refractivity contribution in [1.29, 1.82) is 0 Å². The maximum atomic E-state index is 13.5. The van der Waals surface area contributed by atoms with Crippen molar-refractivity contribution in [2.24, 2.45) is 0 Å². The molecule has 1 heterocycles. The molecule has 10 heteroatoms. The Morgan fingerprint density at radius 3 is 2.15 bits per heavy atom. The van der Waals surface area contributed by atoms with Gasteiger partial charge in [0.2, 0.25) is 5.95 Å². The maximum absolute atomic E-state index is 13.5. The van der Waals surface area contributed by atoms with Gasteiger partial charge in [-0.05, 0) is 6.92 Å². The Balaban J connectivity index is 3.16. The highest BCUT2D eigenvalue weighted by Gasteiger charge is 2.46. The Labute approximate surface area is 112 Å². The third-order valence-electron chi connectivity index (χ3n) is 1.95. The molecule has 0 aliphatic heterocycles. The smallest absolute Gasteiger partial charge is 0.478 e. The van der Waals surface area contributed by atoms with Crippen LogP contribution >= 0.6 is 0 Å². The first-order valence-corrected chi connectivity index (χ1v) is 5.35. The number of rotatable bonds is 6. The van der Waals surface area contributed by atoms with Crippen molar-refractivity contribution in [1.82, 2.24) is 9.97 Å². The standard InChI is InChI=1S/C10H13F2N3O5/c1-4-19-8(16)10(11,12)20-5-6(17-2)14-9(13)15-7(5)18-3/h4H2,1-3H3,(H2,13,14,15). The summed E-state index contributed by atoms with van der Waals surface area (Å²) in [6.45, 7) is 1.14. The molecule has 1 aromatic heterocycles. The molecule has 0 spiro atoms. The van der Waals surface area contributed by atoms with E-state index in [0.717, 1.165) is 14.2 Å². The molecule has 0 saturated heterocycles.